The summed E-state index contributed by atoms with van der Waals surface area (Å²) in [5.41, 5.74) is 1.64. The topological polar surface area (TPSA) is 55.4 Å². The lowest BCUT2D eigenvalue weighted by molar-refractivity contribution is 0.0378. The minimum absolute atomic E-state index is 0.210. The zero-order valence-corrected chi connectivity index (χ0v) is 14.0. The number of halogens is 1. The maximum Gasteiger partial charge on any atom is 0.339 e. The van der Waals surface area contributed by atoms with E-state index in [0.717, 1.165) is 5.56 Å². The zero-order valence-electron chi connectivity index (χ0n) is 12.5. The number of carbonyl (C=O) groups excluding carboxylic acids is 2. The zero-order chi connectivity index (χ0) is 16.3. The molecule has 0 bridgehead atoms. The molecule has 1 N–H and O–H groups in total. The fourth-order valence-electron chi connectivity index (χ4n) is 1.83. The van der Waals surface area contributed by atoms with Gasteiger partial charge in [-0.05, 0) is 56.0 Å². The molecule has 116 valence electrons. The summed E-state index contributed by atoms with van der Waals surface area (Å²) in [6, 6.07) is 6.62. The molecule has 4 nitrogen and oxygen atoms in total. The predicted molar refractivity (Wildman–Crippen MR) is 89.0 cm³/mol. The highest BCUT2D eigenvalue weighted by Crippen LogP contribution is 2.23. The first-order valence-electron chi connectivity index (χ1n) is 6.74. The molecule has 6 heteroatoms. The van der Waals surface area contributed by atoms with Crippen LogP contribution in [0.25, 0.3) is 0 Å². The molecule has 1 aromatic carbocycles. The van der Waals surface area contributed by atoms with Crippen molar-refractivity contribution < 1.29 is 14.3 Å². The standard InChI is InChI=1S/C16H16ClNO3S/c1-9(2)21-16(20)12-8-11(4-5-13(12)17)18-15(19)14-10(3)6-7-22-14/h4-9H,1-3H3,(H,18,19). The second-order valence-electron chi connectivity index (χ2n) is 5.04. The number of rotatable bonds is 4. The van der Waals surface area contributed by atoms with E-state index in [1.165, 1.54) is 17.4 Å². The van der Waals surface area contributed by atoms with Crippen molar-refractivity contribution in [2.24, 2.45) is 0 Å². The fraction of sp³-hybridized carbons (Fsp3) is 0.250. The first kappa shape index (κ1) is 16.5. The van der Waals surface area contributed by atoms with Crippen molar-refractivity contribution in [1.82, 2.24) is 0 Å². The van der Waals surface area contributed by atoms with Gasteiger partial charge in [-0.2, -0.15) is 0 Å². The number of thiophene rings is 1. The Labute approximate surface area is 138 Å². The normalized spacial score (nSPS) is 10.6. The highest BCUT2D eigenvalue weighted by molar-refractivity contribution is 7.12. The van der Waals surface area contributed by atoms with E-state index in [0.29, 0.717) is 10.6 Å². The number of ether oxygens (including phenoxy) is 1. The van der Waals surface area contributed by atoms with E-state index in [1.54, 1.807) is 26.0 Å². The number of hydrogen-bond donors (Lipinski definition) is 1. The molecule has 22 heavy (non-hydrogen) atoms. The Morgan fingerprint density at radius 3 is 2.59 bits per heavy atom. The number of aryl methyl sites for hydroxylation is 1. The average Bonchev–Trinajstić information content (AvgIpc) is 2.86. The van der Waals surface area contributed by atoms with Crippen molar-refractivity contribution in [3.8, 4) is 0 Å². The second-order valence-corrected chi connectivity index (χ2v) is 6.36. The maximum atomic E-state index is 12.2. The van der Waals surface area contributed by atoms with E-state index in [9.17, 15) is 9.59 Å². The number of esters is 1. The van der Waals surface area contributed by atoms with Crippen molar-refractivity contribution in [3.05, 3.63) is 50.7 Å². The Morgan fingerprint density at radius 2 is 2.00 bits per heavy atom. The Bertz CT molecular complexity index is 709. The van der Waals surface area contributed by atoms with Gasteiger partial charge in [0.1, 0.15) is 0 Å². The lowest BCUT2D eigenvalue weighted by Gasteiger charge is -2.11. The molecular formula is C16H16ClNO3S. The van der Waals surface area contributed by atoms with Crippen LogP contribution in [-0.2, 0) is 4.74 Å². The molecule has 2 aromatic rings. The van der Waals surface area contributed by atoms with Gasteiger partial charge in [-0.1, -0.05) is 11.6 Å². The summed E-state index contributed by atoms with van der Waals surface area (Å²) in [5.74, 6) is -0.721. The van der Waals surface area contributed by atoms with Gasteiger partial charge in [-0.3, -0.25) is 4.79 Å². The fourth-order valence-corrected chi connectivity index (χ4v) is 2.85. The Morgan fingerprint density at radius 1 is 1.27 bits per heavy atom. The maximum absolute atomic E-state index is 12.2. The van der Waals surface area contributed by atoms with Gasteiger partial charge in [-0.15, -0.1) is 11.3 Å². The van der Waals surface area contributed by atoms with Crippen molar-refractivity contribution in [1.29, 1.82) is 0 Å². The summed E-state index contributed by atoms with van der Waals surface area (Å²) < 4.78 is 5.13. The molecule has 1 aromatic heterocycles. The first-order valence-corrected chi connectivity index (χ1v) is 8.00. The van der Waals surface area contributed by atoms with Gasteiger partial charge in [0.2, 0.25) is 0 Å². The molecule has 0 saturated heterocycles. The van der Waals surface area contributed by atoms with Crippen molar-refractivity contribution in [3.63, 3.8) is 0 Å². The van der Waals surface area contributed by atoms with Crippen LogP contribution in [0.2, 0.25) is 5.02 Å². The quantitative estimate of drug-likeness (QED) is 0.834. The lowest BCUT2D eigenvalue weighted by Crippen LogP contribution is -2.14. The highest BCUT2D eigenvalue weighted by Gasteiger charge is 2.16. The third-order valence-electron chi connectivity index (χ3n) is 2.86. The molecule has 0 aliphatic carbocycles. The summed E-state index contributed by atoms with van der Waals surface area (Å²) in [7, 11) is 0. The van der Waals surface area contributed by atoms with Crippen LogP contribution < -0.4 is 5.32 Å². The molecule has 0 atom stereocenters. The van der Waals surface area contributed by atoms with Crippen molar-refractivity contribution in [2.45, 2.75) is 26.9 Å². The third-order valence-corrected chi connectivity index (χ3v) is 4.20. The number of benzene rings is 1. The minimum Gasteiger partial charge on any atom is -0.459 e. The van der Waals surface area contributed by atoms with Crippen LogP contribution in [0.1, 0.15) is 39.4 Å². The Kier molecular flexibility index (Phi) is 5.21. The van der Waals surface area contributed by atoms with Gasteiger partial charge >= 0.3 is 5.97 Å². The summed E-state index contributed by atoms with van der Waals surface area (Å²) in [5, 5.41) is 4.91. The van der Waals surface area contributed by atoms with E-state index in [-0.39, 0.29) is 22.6 Å². The van der Waals surface area contributed by atoms with Gasteiger partial charge in [0, 0.05) is 5.69 Å². The van der Waals surface area contributed by atoms with Crippen LogP contribution in [-0.4, -0.2) is 18.0 Å². The van der Waals surface area contributed by atoms with E-state index < -0.39 is 5.97 Å². The monoisotopic (exact) mass is 337 g/mol. The van der Waals surface area contributed by atoms with Crippen LogP contribution in [0.4, 0.5) is 5.69 Å². The lowest BCUT2D eigenvalue weighted by atomic mass is 10.2. The molecule has 1 amide bonds. The number of amides is 1. The molecule has 0 saturated carbocycles. The van der Waals surface area contributed by atoms with E-state index >= 15 is 0 Å². The average molecular weight is 338 g/mol. The van der Waals surface area contributed by atoms with Crippen LogP contribution in [0.5, 0.6) is 0 Å². The first-order chi connectivity index (χ1) is 10.4. The highest BCUT2D eigenvalue weighted by atomic mass is 35.5. The molecule has 0 fully saturated rings. The van der Waals surface area contributed by atoms with Crippen LogP contribution in [0, 0.1) is 6.92 Å². The van der Waals surface area contributed by atoms with E-state index in [4.69, 9.17) is 16.3 Å². The van der Waals surface area contributed by atoms with E-state index in [2.05, 4.69) is 5.32 Å². The molecule has 0 aliphatic heterocycles. The largest absolute Gasteiger partial charge is 0.459 e. The summed E-state index contributed by atoms with van der Waals surface area (Å²) in [6.07, 6.45) is -0.240. The molecular weight excluding hydrogens is 322 g/mol. The summed E-state index contributed by atoms with van der Waals surface area (Å²) in [4.78, 5) is 24.8. The molecule has 0 aliphatic rings. The number of nitrogens with one attached hydrogen (secondary N) is 1. The Balaban J connectivity index is 2.21. The molecule has 0 spiro atoms. The Hall–Kier alpha value is -1.85. The van der Waals surface area contributed by atoms with Gasteiger partial charge < -0.3 is 10.1 Å². The van der Waals surface area contributed by atoms with Gasteiger partial charge in [0.05, 0.1) is 21.6 Å². The minimum atomic E-state index is -0.511. The van der Waals surface area contributed by atoms with Gasteiger partial charge in [-0.25, -0.2) is 4.79 Å². The van der Waals surface area contributed by atoms with Crippen LogP contribution >= 0.6 is 22.9 Å². The van der Waals surface area contributed by atoms with E-state index in [1.807, 2.05) is 18.4 Å². The SMILES string of the molecule is Cc1ccsc1C(=O)Nc1ccc(Cl)c(C(=O)OC(C)C)c1. The summed E-state index contributed by atoms with van der Waals surface area (Å²) in [6.45, 7) is 5.40. The third kappa shape index (κ3) is 3.87. The smallest absolute Gasteiger partial charge is 0.339 e. The molecule has 0 unspecified atom stereocenters. The predicted octanol–water partition coefficient (Wildman–Crippen LogP) is 4.53. The second kappa shape index (κ2) is 6.94. The molecule has 2 rings (SSSR count). The van der Waals surface area contributed by atoms with Crippen LogP contribution in [0.15, 0.2) is 29.6 Å². The van der Waals surface area contributed by atoms with Crippen molar-refractivity contribution >= 4 is 40.5 Å². The molecule has 0 radical (unpaired) electrons. The molecule has 1 heterocycles. The number of anilines is 1. The van der Waals surface area contributed by atoms with Crippen molar-refractivity contribution in [2.75, 3.05) is 5.32 Å². The number of carbonyl (C=O) groups is 2. The van der Waals surface area contributed by atoms with Crippen LogP contribution in [0.3, 0.4) is 0 Å². The summed E-state index contributed by atoms with van der Waals surface area (Å²) >= 11 is 7.39. The van der Waals surface area contributed by atoms with Gasteiger partial charge in [0.25, 0.3) is 5.91 Å². The van der Waals surface area contributed by atoms with Gasteiger partial charge in [0.15, 0.2) is 0 Å². The number of hydrogen-bond acceptors (Lipinski definition) is 4.